The number of likely N-dealkylation sites (N-methyl/N-ethyl adjacent to an activating group) is 1. The first-order valence-electron chi connectivity index (χ1n) is 5.60. The fourth-order valence-electron chi connectivity index (χ4n) is 1.47. The maximum absolute atomic E-state index is 11.2. The van der Waals surface area contributed by atoms with E-state index < -0.39 is 11.5 Å². The summed E-state index contributed by atoms with van der Waals surface area (Å²) in [5.41, 5.74) is -0.839. The summed E-state index contributed by atoms with van der Waals surface area (Å²) in [6.45, 7) is 4.30. The molecule has 0 spiro atoms. The fourth-order valence-corrected chi connectivity index (χ4v) is 2.53. The van der Waals surface area contributed by atoms with Gasteiger partial charge >= 0.3 is 5.97 Å². The van der Waals surface area contributed by atoms with Gasteiger partial charge in [0.15, 0.2) is 0 Å². The van der Waals surface area contributed by atoms with E-state index in [1.165, 1.54) is 0 Å². The molecular formula is C12H18N2O2S. The molecule has 4 nitrogen and oxygen atoms in total. The number of thioether (sulfide) groups is 1. The van der Waals surface area contributed by atoms with Gasteiger partial charge in [0.05, 0.1) is 0 Å². The Balaban J connectivity index is 2.45. The standard InChI is InChI=1S/C12H18N2O2S/c1-3-14-12(2,11(15)16)6-9-17-10-4-7-13-8-5-10/h4-5,7-8,14H,3,6,9H2,1-2H3,(H,15,16). The van der Waals surface area contributed by atoms with Crippen LogP contribution in [0.2, 0.25) is 0 Å². The highest BCUT2D eigenvalue weighted by Crippen LogP contribution is 2.21. The molecule has 1 heterocycles. The van der Waals surface area contributed by atoms with Crippen molar-refractivity contribution in [2.75, 3.05) is 12.3 Å². The van der Waals surface area contributed by atoms with Crippen LogP contribution in [-0.4, -0.2) is 33.9 Å². The third kappa shape index (κ3) is 4.36. The third-order valence-electron chi connectivity index (χ3n) is 2.56. The van der Waals surface area contributed by atoms with Crippen molar-refractivity contribution in [2.45, 2.75) is 30.7 Å². The number of nitrogens with zero attached hydrogens (tertiary/aromatic N) is 1. The fraction of sp³-hybridized carbons (Fsp3) is 0.500. The molecule has 0 radical (unpaired) electrons. The lowest BCUT2D eigenvalue weighted by Crippen LogP contribution is -2.49. The van der Waals surface area contributed by atoms with Crippen molar-refractivity contribution in [3.8, 4) is 0 Å². The average Bonchev–Trinajstić information content (AvgIpc) is 2.30. The maximum Gasteiger partial charge on any atom is 0.323 e. The number of carboxylic acids is 1. The monoisotopic (exact) mass is 254 g/mol. The first-order valence-corrected chi connectivity index (χ1v) is 6.58. The summed E-state index contributed by atoms with van der Waals surface area (Å²) in [5.74, 6) is -0.0329. The second-order valence-corrected chi connectivity index (χ2v) is 5.12. The summed E-state index contributed by atoms with van der Waals surface area (Å²) in [6.07, 6.45) is 4.06. The van der Waals surface area contributed by atoms with Crippen molar-refractivity contribution in [1.29, 1.82) is 0 Å². The van der Waals surface area contributed by atoms with Crippen LogP contribution >= 0.6 is 11.8 Å². The van der Waals surface area contributed by atoms with Crippen molar-refractivity contribution in [3.63, 3.8) is 0 Å². The van der Waals surface area contributed by atoms with Gasteiger partial charge in [-0.2, -0.15) is 0 Å². The van der Waals surface area contributed by atoms with Gasteiger partial charge in [-0.3, -0.25) is 9.78 Å². The van der Waals surface area contributed by atoms with Crippen LogP contribution in [0.5, 0.6) is 0 Å². The van der Waals surface area contributed by atoms with Gasteiger partial charge < -0.3 is 10.4 Å². The van der Waals surface area contributed by atoms with E-state index in [-0.39, 0.29) is 0 Å². The molecule has 0 aliphatic carbocycles. The summed E-state index contributed by atoms with van der Waals surface area (Å²) in [7, 11) is 0. The highest BCUT2D eigenvalue weighted by molar-refractivity contribution is 7.99. The number of carboxylic acid groups (broad SMARTS) is 1. The van der Waals surface area contributed by atoms with Crippen molar-refractivity contribution >= 4 is 17.7 Å². The van der Waals surface area contributed by atoms with Crippen LogP contribution in [0.25, 0.3) is 0 Å². The van der Waals surface area contributed by atoms with Crippen LogP contribution in [-0.2, 0) is 4.79 Å². The second kappa shape index (κ2) is 6.61. The van der Waals surface area contributed by atoms with Crippen LogP contribution in [0.15, 0.2) is 29.4 Å². The van der Waals surface area contributed by atoms with E-state index in [4.69, 9.17) is 0 Å². The van der Waals surface area contributed by atoms with Crippen LogP contribution in [0.4, 0.5) is 0 Å². The van der Waals surface area contributed by atoms with Crippen LogP contribution in [0.1, 0.15) is 20.3 Å². The number of hydrogen-bond acceptors (Lipinski definition) is 4. The molecule has 0 saturated heterocycles. The molecule has 94 valence electrons. The van der Waals surface area contributed by atoms with Gasteiger partial charge in [0, 0.05) is 23.0 Å². The minimum atomic E-state index is -0.839. The summed E-state index contributed by atoms with van der Waals surface area (Å²) >= 11 is 1.65. The topological polar surface area (TPSA) is 62.2 Å². The number of aliphatic carboxylic acids is 1. The molecule has 2 N–H and O–H groups in total. The van der Waals surface area contributed by atoms with Crippen molar-refractivity contribution in [2.24, 2.45) is 0 Å². The Bertz CT molecular complexity index is 359. The number of hydrogen-bond donors (Lipinski definition) is 2. The van der Waals surface area contributed by atoms with Gasteiger partial charge in [0.1, 0.15) is 5.54 Å². The summed E-state index contributed by atoms with van der Waals surface area (Å²) < 4.78 is 0. The number of nitrogens with one attached hydrogen (secondary N) is 1. The van der Waals surface area contributed by atoms with Gasteiger partial charge in [-0.05, 0) is 32.0 Å². The van der Waals surface area contributed by atoms with Crippen LogP contribution < -0.4 is 5.32 Å². The van der Waals surface area contributed by atoms with Gasteiger partial charge in [0.25, 0.3) is 0 Å². The Morgan fingerprint density at radius 2 is 2.18 bits per heavy atom. The molecular weight excluding hydrogens is 236 g/mol. The van der Waals surface area contributed by atoms with E-state index >= 15 is 0 Å². The van der Waals surface area contributed by atoms with Gasteiger partial charge in [-0.15, -0.1) is 11.8 Å². The molecule has 0 saturated carbocycles. The lowest BCUT2D eigenvalue weighted by Gasteiger charge is -2.25. The molecule has 0 amide bonds. The molecule has 1 aromatic heterocycles. The van der Waals surface area contributed by atoms with E-state index in [9.17, 15) is 9.90 Å². The molecule has 0 bridgehead atoms. The second-order valence-electron chi connectivity index (χ2n) is 3.95. The Labute approximate surface area is 106 Å². The zero-order valence-electron chi connectivity index (χ0n) is 10.1. The summed E-state index contributed by atoms with van der Waals surface area (Å²) in [4.78, 5) is 16.2. The zero-order chi connectivity index (χ0) is 12.7. The largest absolute Gasteiger partial charge is 0.480 e. The quantitative estimate of drug-likeness (QED) is 0.729. The first kappa shape index (κ1) is 14.0. The van der Waals surface area contributed by atoms with Gasteiger partial charge in [0.2, 0.25) is 0 Å². The molecule has 1 aromatic rings. The Morgan fingerprint density at radius 1 is 1.53 bits per heavy atom. The van der Waals surface area contributed by atoms with E-state index in [1.807, 2.05) is 19.1 Å². The summed E-state index contributed by atoms with van der Waals surface area (Å²) in [5, 5.41) is 12.2. The number of carbonyl (C=O) groups is 1. The molecule has 1 rings (SSSR count). The third-order valence-corrected chi connectivity index (χ3v) is 3.57. The minimum absolute atomic E-state index is 0.586. The lowest BCUT2D eigenvalue weighted by molar-refractivity contribution is -0.144. The van der Waals surface area contributed by atoms with Crippen molar-refractivity contribution < 1.29 is 9.90 Å². The Kier molecular flexibility index (Phi) is 5.44. The number of aromatic nitrogens is 1. The highest BCUT2D eigenvalue weighted by Gasteiger charge is 2.31. The lowest BCUT2D eigenvalue weighted by atomic mass is 9.99. The Hall–Kier alpha value is -1.07. The predicted octanol–water partition coefficient (Wildman–Crippen LogP) is 2.02. The van der Waals surface area contributed by atoms with Crippen molar-refractivity contribution in [3.05, 3.63) is 24.5 Å². The highest BCUT2D eigenvalue weighted by atomic mass is 32.2. The molecule has 5 heteroatoms. The SMILES string of the molecule is CCNC(C)(CCSc1ccncc1)C(=O)O. The molecule has 0 aromatic carbocycles. The smallest absolute Gasteiger partial charge is 0.323 e. The molecule has 1 atom stereocenters. The maximum atomic E-state index is 11.2. The predicted molar refractivity (Wildman–Crippen MR) is 69.3 cm³/mol. The van der Waals surface area contributed by atoms with Crippen molar-refractivity contribution in [1.82, 2.24) is 10.3 Å². The van der Waals surface area contributed by atoms with Gasteiger partial charge in [-0.1, -0.05) is 6.92 Å². The summed E-state index contributed by atoms with van der Waals surface area (Å²) in [6, 6.07) is 3.85. The minimum Gasteiger partial charge on any atom is -0.480 e. The van der Waals surface area contributed by atoms with Gasteiger partial charge in [-0.25, -0.2) is 0 Å². The molecule has 0 aliphatic rings. The Morgan fingerprint density at radius 3 is 2.71 bits per heavy atom. The molecule has 17 heavy (non-hydrogen) atoms. The number of rotatable bonds is 7. The molecule has 0 fully saturated rings. The zero-order valence-corrected chi connectivity index (χ0v) is 11.0. The van der Waals surface area contributed by atoms with E-state index in [0.717, 1.165) is 10.6 Å². The molecule has 1 unspecified atom stereocenters. The normalized spacial score (nSPS) is 14.2. The van der Waals surface area contributed by atoms with Crippen LogP contribution in [0.3, 0.4) is 0 Å². The van der Waals surface area contributed by atoms with Crippen LogP contribution in [0, 0.1) is 0 Å². The average molecular weight is 254 g/mol. The number of pyridine rings is 1. The van der Waals surface area contributed by atoms with E-state index in [2.05, 4.69) is 10.3 Å². The first-order chi connectivity index (χ1) is 8.08. The molecule has 0 aliphatic heterocycles. The van der Waals surface area contributed by atoms with E-state index in [1.54, 1.807) is 31.1 Å². The van der Waals surface area contributed by atoms with E-state index in [0.29, 0.717) is 13.0 Å².